The molecule has 0 spiro atoms. The number of para-hydroxylation sites is 2. The third kappa shape index (κ3) is 3.22. The third-order valence-electron chi connectivity index (χ3n) is 5.52. The Labute approximate surface area is 167 Å². The number of ether oxygens (including phenoxy) is 1. The highest BCUT2D eigenvalue weighted by atomic mass is 16.5. The third-order valence-corrected chi connectivity index (χ3v) is 5.52. The number of benzene rings is 1. The summed E-state index contributed by atoms with van der Waals surface area (Å²) in [4.78, 5) is 22.5. The minimum absolute atomic E-state index is 0.0625. The molecular formula is C22H22N4O3. The van der Waals surface area contributed by atoms with E-state index in [1.165, 1.54) is 6.42 Å². The van der Waals surface area contributed by atoms with Crippen molar-refractivity contribution < 1.29 is 13.9 Å². The lowest BCUT2D eigenvalue weighted by Crippen LogP contribution is -2.21. The van der Waals surface area contributed by atoms with Crippen molar-refractivity contribution in [1.82, 2.24) is 14.5 Å². The van der Waals surface area contributed by atoms with E-state index in [1.54, 1.807) is 10.8 Å². The molecule has 29 heavy (non-hydrogen) atoms. The summed E-state index contributed by atoms with van der Waals surface area (Å²) in [5.41, 5.74) is 9.20. The van der Waals surface area contributed by atoms with Gasteiger partial charge in [-0.15, -0.1) is 0 Å². The predicted octanol–water partition coefficient (Wildman–Crippen LogP) is 4.30. The van der Waals surface area contributed by atoms with E-state index in [0.29, 0.717) is 29.0 Å². The number of anilines is 1. The molecule has 1 aliphatic rings. The van der Waals surface area contributed by atoms with Gasteiger partial charge in [0.05, 0.1) is 23.8 Å². The van der Waals surface area contributed by atoms with Crippen LogP contribution in [0.25, 0.3) is 22.2 Å². The lowest BCUT2D eigenvalue weighted by Gasteiger charge is -2.21. The second kappa shape index (κ2) is 7.24. The lowest BCUT2D eigenvalue weighted by molar-refractivity contribution is 0.0214. The van der Waals surface area contributed by atoms with Crippen LogP contribution in [0.1, 0.15) is 48.2 Å². The minimum atomic E-state index is -0.429. The van der Waals surface area contributed by atoms with Crippen molar-refractivity contribution >= 4 is 34.0 Å². The Morgan fingerprint density at radius 2 is 1.86 bits per heavy atom. The monoisotopic (exact) mass is 390 g/mol. The smallest absolute Gasteiger partial charge is 0.344 e. The molecule has 0 radical (unpaired) electrons. The van der Waals surface area contributed by atoms with Crippen LogP contribution in [0.3, 0.4) is 0 Å². The molecule has 2 N–H and O–H groups in total. The van der Waals surface area contributed by atoms with Crippen molar-refractivity contribution in [3.63, 3.8) is 0 Å². The second-order valence-corrected chi connectivity index (χ2v) is 7.48. The molecule has 7 heteroatoms. The number of furan rings is 1. The fourth-order valence-corrected chi connectivity index (χ4v) is 4.03. The first-order valence-electron chi connectivity index (χ1n) is 9.98. The van der Waals surface area contributed by atoms with Gasteiger partial charge in [-0.1, -0.05) is 18.6 Å². The normalized spacial score (nSPS) is 15.2. The van der Waals surface area contributed by atoms with Crippen LogP contribution in [0.5, 0.6) is 0 Å². The molecule has 1 saturated carbocycles. The van der Waals surface area contributed by atoms with Crippen molar-refractivity contribution in [3.8, 4) is 0 Å². The fourth-order valence-electron chi connectivity index (χ4n) is 4.03. The van der Waals surface area contributed by atoms with Gasteiger partial charge in [0.1, 0.15) is 28.8 Å². The van der Waals surface area contributed by atoms with Crippen LogP contribution in [-0.4, -0.2) is 26.6 Å². The summed E-state index contributed by atoms with van der Waals surface area (Å²) in [6.07, 6.45) is 6.69. The highest BCUT2D eigenvalue weighted by molar-refractivity contribution is 6.08. The zero-order chi connectivity index (χ0) is 19.8. The molecule has 3 heterocycles. The molecule has 0 bridgehead atoms. The SMILES string of the molecule is Nc1c(C(=O)OC2CCCCC2)c2nc3ccccc3nc2n1Cc1ccco1. The molecule has 7 nitrogen and oxygen atoms in total. The molecule has 0 aliphatic heterocycles. The molecular weight excluding hydrogens is 368 g/mol. The number of fused-ring (bicyclic) bond motifs is 2. The molecule has 0 unspecified atom stereocenters. The molecule has 0 amide bonds. The van der Waals surface area contributed by atoms with Crippen LogP contribution >= 0.6 is 0 Å². The molecule has 5 rings (SSSR count). The predicted molar refractivity (Wildman–Crippen MR) is 110 cm³/mol. The highest BCUT2D eigenvalue weighted by Gasteiger charge is 2.28. The summed E-state index contributed by atoms with van der Waals surface area (Å²) in [5, 5.41) is 0. The van der Waals surface area contributed by atoms with E-state index < -0.39 is 5.97 Å². The van der Waals surface area contributed by atoms with Crippen molar-refractivity contribution in [1.29, 1.82) is 0 Å². The fraction of sp³-hybridized carbons (Fsp3) is 0.318. The zero-order valence-corrected chi connectivity index (χ0v) is 16.0. The van der Waals surface area contributed by atoms with Crippen molar-refractivity contribution in [2.24, 2.45) is 0 Å². The average Bonchev–Trinajstić information content (AvgIpc) is 3.34. The maximum Gasteiger partial charge on any atom is 0.344 e. The number of hydrogen-bond acceptors (Lipinski definition) is 6. The van der Waals surface area contributed by atoms with E-state index in [-0.39, 0.29) is 11.7 Å². The Hall–Kier alpha value is -3.35. The standard InChI is InChI=1S/C22H22N4O3/c23-20-18(22(27)29-14-7-2-1-3-8-14)19-21(26(20)13-15-9-6-12-28-15)25-17-11-5-4-10-16(17)24-19/h4-6,9-12,14H,1-3,7-8,13,23H2. The number of nitrogens with two attached hydrogens (primary N) is 1. The van der Waals surface area contributed by atoms with E-state index in [1.807, 2.05) is 36.4 Å². The van der Waals surface area contributed by atoms with Crippen LogP contribution in [0.15, 0.2) is 47.1 Å². The average molecular weight is 390 g/mol. The Balaban J connectivity index is 1.64. The van der Waals surface area contributed by atoms with Crippen molar-refractivity contribution in [3.05, 3.63) is 54.0 Å². The first-order chi connectivity index (χ1) is 14.2. The highest BCUT2D eigenvalue weighted by Crippen LogP contribution is 2.31. The molecule has 3 aromatic heterocycles. The van der Waals surface area contributed by atoms with Gasteiger partial charge in [-0.05, 0) is 49.9 Å². The van der Waals surface area contributed by atoms with Crippen LogP contribution < -0.4 is 5.73 Å². The molecule has 1 aliphatic carbocycles. The summed E-state index contributed by atoms with van der Waals surface area (Å²) in [5.74, 6) is 0.588. The van der Waals surface area contributed by atoms with Crippen LogP contribution in [0.4, 0.5) is 5.82 Å². The number of carbonyl (C=O) groups is 1. The number of rotatable bonds is 4. The number of hydrogen-bond donors (Lipinski definition) is 1. The number of nitrogen functional groups attached to an aromatic ring is 1. The molecule has 1 aromatic carbocycles. The van der Waals surface area contributed by atoms with E-state index in [2.05, 4.69) is 0 Å². The van der Waals surface area contributed by atoms with Gasteiger partial charge in [0.2, 0.25) is 0 Å². The van der Waals surface area contributed by atoms with Gasteiger partial charge in [0, 0.05) is 0 Å². The van der Waals surface area contributed by atoms with E-state index in [4.69, 9.17) is 24.9 Å². The Morgan fingerprint density at radius 1 is 1.10 bits per heavy atom. The Kier molecular flexibility index (Phi) is 4.42. The van der Waals surface area contributed by atoms with Crippen LogP contribution in [0, 0.1) is 0 Å². The van der Waals surface area contributed by atoms with Crippen LogP contribution in [0.2, 0.25) is 0 Å². The van der Waals surface area contributed by atoms with Crippen molar-refractivity contribution in [2.45, 2.75) is 44.8 Å². The van der Waals surface area contributed by atoms with Gasteiger partial charge < -0.3 is 19.5 Å². The maximum atomic E-state index is 13.1. The quantitative estimate of drug-likeness (QED) is 0.522. The summed E-state index contributed by atoms with van der Waals surface area (Å²) in [7, 11) is 0. The first kappa shape index (κ1) is 17.7. The molecule has 148 valence electrons. The van der Waals surface area contributed by atoms with Crippen LogP contribution in [-0.2, 0) is 11.3 Å². The van der Waals surface area contributed by atoms with E-state index in [0.717, 1.165) is 37.0 Å². The van der Waals surface area contributed by atoms with Gasteiger partial charge in [-0.3, -0.25) is 0 Å². The van der Waals surface area contributed by atoms with E-state index >= 15 is 0 Å². The van der Waals surface area contributed by atoms with Crippen molar-refractivity contribution in [2.75, 3.05) is 5.73 Å². The second-order valence-electron chi connectivity index (χ2n) is 7.48. The first-order valence-corrected chi connectivity index (χ1v) is 9.98. The number of aromatic nitrogens is 3. The Bertz CT molecular complexity index is 1170. The maximum absolute atomic E-state index is 13.1. The Morgan fingerprint density at radius 3 is 2.59 bits per heavy atom. The lowest BCUT2D eigenvalue weighted by atomic mass is 9.98. The number of esters is 1. The van der Waals surface area contributed by atoms with Gasteiger partial charge >= 0.3 is 5.97 Å². The summed E-state index contributed by atoms with van der Waals surface area (Å²) in [6.45, 7) is 0.360. The zero-order valence-electron chi connectivity index (χ0n) is 16.0. The topological polar surface area (TPSA) is 96.2 Å². The van der Waals surface area contributed by atoms with Gasteiger partial charge in [-0.25, -0.2) is 14.8 Å². The van der Waals surface area contributed by atoms with Gasteiger partial charge in [-0.2, -0.15) is 0 Å². The molecule has 0 atom stereocenters. The number of nitrogens with zero attached hydrogens (tertiary/aromatic N) is 3. The molecule has 4 aromatic rings. The summed E-state index contributed by atoms with van der Waals surface area (Å²) in [6, 6.07) is 11.2. The minimum Gasteiger partial charge on any atom is -0.467 e. The summed E-state index contributed by atoms with van der Waals surface area (Å²) < 4.78 is 13.1. The van der Waals surface area contributed by atoms with E-state index in [9.17, 15) is 4.79 Å². The van der Waals surface area contributed by atoms with Gasteiger partial charge in [0.25, 0.3) is 0 Å². The number of carbonyl (C=O) groups excluding carboxylic acids is 1. The molecule has 0 saturated heterocycles. The largest absolute Gasteiger partial charge is 0.467 e. The van der Waals surface area contributed by atoms with Gasteiger partial charge in [0.15, 0.2) is 5.65 Å². The summed E-state index contributed by atoms with van der Waals surface area (Å²) >= 11 is 0. The molecule has 1 fully saturated rings.